The number of hydrogen-bond donors (Lipinski definition) is 3. The number of anilines is 3. The van der Waals surface area contributed by atoms with Crippen LogP contribution in [-0.4, -0.2) is 35.9 Å². The predicted molar refractivity (Wildman–Crippen MR) is 251 cm³/mol. The second-order valence-electron chi connectivity index (χ2n) is 14.4. The molecule has 73 heavy (non-hydrogen) atoms. The highest BCUT2D eigenvalue weighted by atomic mass is 35.7. The molecule has 0 saturated heterocycles. The number of aromatic nitrogens is 4. The van der Waals surface area contributed by atoms with Gasteiger partial charge in [-0.2, -0.15) is 26.3 Å². The third-order valence-electron chi connectivity index (χ3n) is 9.52. The molecule has 0 bridgehead atoms. The Bertz CT molecular complexity index is 3610. The second-order valence-corrected chi connectivity index (χ2v) is 18.6. The van der Waals surface area contributed by atoms with Gasteiger partial charge in [-0.1, -0.05) is 49.9 Å². The van der Waals surface area contributed by atoms with Crippen molar-refractivity contribution in [2.24, 2.45) is 0 Å². The first-order chi connectivity index (χ1) is 33.7. The maximum absolute atomic E-state index is 13.8. The van der Waals surface area contributed by atoms with Crippen LogP contribution in [0.5, 0.6) is 0 Å². The maximum Gasteiger partial charge on any atom is 0.450 e. The number of nitrogens with one attached hydrogen (secondary N) is 1. The van der Waals surface area contributed by atoms with Crippen LogP contribution < -0.4 is 16.2 Å². The zero-order valence-corrected chi connectivity index (χ0v) is 38.1. The van der Waals surface area contributed by atoms with Crippen molar-refractivity contribution in [1.29, 1.82) is 0 Å². The summed E-state index contributed by atoms with van der Waals surface area (Å²) >= 11 is 0. The van der Waals surface area contributed by atoms with Crippen LogP contribution in [0.2, 0.25) is 0 Å². The van der Waals surface area contributed by atoms with Crippen LogP contribution >= 0.6 is 10.7 Å². The number of hydrogen-bond acceptors (Lipinski definition) is 8. The van der Waals surface area contributed by atoms with Crippen LogP contribution in [0.25, 0.3) is 33.4 Å². The normalized spacial score (nSPS) is 11.6. The molecule has 9 aromatic rings. The summed E-state index contributed by atoms with van der Waals surface area (Å²) in [5.41, 5.74) is 12.4. The van der Waals surface area contributed by atoms with Gasteiger partial charge in [0.25, 0.3) is 19.1 Å². The molecule has 0 saturated carbocycles. The molecule has 0 spiro atoms. The number of rotatable bonds is 6. The lowest BCUT2D eigenvalue weighted by molar-refractivity contribution is -0.146. The number of nitrogen functional groups attached to an aromatic ring is 2. The van der Waals surface area contributed by atoms with Crippen LogP contribution in [0.1, 0.15) is 19.1 Å². The molecule has 9 rings (SSSR count). The summed E-state index contributed by atoms with van der Waals surface area (Å²) in [5, 5.41) is 0. The number of sulfonamides is 1. The first-order valence-electron chi connectivity index (χ1n) is 19.8. The summed E-state index contributed by atoms with van der Waals surface area (Å²) in [4.78, 5) is 5.60. The van der Waals surface area contributed by atoms with Crippen LogP contribution in [0.4, 0.5) is 69.7 Å². The molecule has 0 radical (unpaired) electrons. The molecule has 0 fully saturated rings. The number of imidazole rings is 2. The standard InChI is InChI=1S/C20H12F5N3O2S.C14H10F3N3.C6H3ClF2O2S.C6H5F2N.CH4/c21-14-4-3-7-17(18(14)22)31(29,30)27-12-8-10-13(11-9-12)28-16-6-2-1-5-15(16)26-19(28)20(23,24)25;15-14(16,17)13-19-11-3-1-2-4-12(11)20(13)10-7-5-9(18)6-8-10;7-12(10,11)5-3-1-2-4(8)6(5)9;7-4-2-1-3-5(9)6(4)8;/h1-11,27H;1-8H,18H2;1-3H;1-3H,9H2;1H4. The first-order valence-corrected chi connectivity index (χ1v) is 23.6. The van der Waals surface area contributed by atoms with E-state index in [-0.39, 0.29) is 35.5 Å². The molecule has 0 amide bonds. The second kappa shape index (κ2) is 22.3. The Labute approximate surface area is 411 Å². The lowest BCUT2D eigenvalue weighted by Gasteiger charge is -2.13. The topological polar surface area (TPSA) is 168 Å². The Morgan fingerprint density at radius 2 is 0.863 bits per heavy atom. The smallest absolute Gasteiger partial charge is 0.399 e. The van der Waals surface area contributed by atoms with Crippen LogP contribution in [-0.2, 0) is 31.4 Å². The highest BCUT2D eigenvalue weighted by Crippen LogP contribution is 2.36. The van der Waals surface area contributed by atoms with Crippen molar-refractivity contribution in [2.45, 2.75) is 29.6 Å². The zero-order valence-electron chi connectivity index (χ0n) is 35.7. The predicted octanol–water partition coefficient (Wildman–Crippen LogP) is 12.8. The van der Waals surface area contributed by atoms with Crippen LogP contribution in [0, 0.1) is 34.9 Å². The number of para-hydroxylation sites is 4. The number of nitrogens with zero attached hydrogens (tertiary/aromatic N) is 4. The van der Waals surface area contributed by atoms with Gasteiger partial charge in [-0.25, -0.2) is 53.1 Å². The molecule has 7 aromatic carbocycles. The van der Waals surface area contributed by atoms with E-state index in [1.807, 2.05) is 0 Å². The maximum atomic E-state index is 13.8. The van der Waals surface area contributed by atoms with Crippen LogP contribution in [0.3, 0.4) is 0 Å². The minimum atomic E-state index is -4.73. The van der Waals surface area contributed by atoms with E-state index < -0.39 is 87.8 Å². The van der Waals surface area contributed by atoms with E-state index in [1.54, 1.807) is 60.7 Å². The highest BCUT2D eigenvalue weighted by Gasteiger charge is 2.39. The minimum Gasteiger partial charge on any atom is -0.399 e. The number of halogens is 13. The van der Waals surface area contributed by atoms with Crippen molar-refractivity contribution in [2.75, 3.05) is 16.2 Å². The van der Waals surface area contributed by atoms with E-state index in [1.165, 1.54) is 48.5 Å². The molecule has 2 heterocycles. The summed E-state index contributed by atoms with van der Waals surface area (Å²) in [6.07, 6.45) is -9.26. The lowest BCUT2D eigenvalue weighted by Crippen LogP contribution is -2.16. The van der Waals surface area contributed by atoms with E-state index >= 15 is 0 Å². The summed E-state index contributed by atoms with van der Waals surface area (Å²) in [7, 11) is -3.86. The number of benzene rings is 7. The quantitative estimate of drug-likeness (QED) is 0.0840. The average molecular weight is 1090 g/mol. The molecule has 26 heteroatoms. The number of alkyl halides is 6. The van der Waals surface area contributed by atoms with E-state index in [2.05, 4.69) is 14.7 Å². The van der Waals surface area contributed by atoms with Gasteiger partial charge in [0, 0.05) is 33.4 Å². The van der Waals surface area contributed by atoms with E-state index in [0.29, 0.717) is 22.4 Å². The molecule has 2 aromatic heterocycles. The molecule has 5 N–H and O–H groups in total. The summed E-state index contributed by atoms with van der Waals surface area (Å²) < 4.78 is 206. The molecule has 0 aliphatic rings. The van der Waals surface area contributed by atoms with Crippen LogP contribution in [0.15, 0.2) is 161 Å². The van der Waals surface area contributed by atoms with Gasteiger partial charge in [-0.05, 0) is 109 Å². The third-order valence-corrected chi connectivity index (χ3v) is 12.3. The van der Waals surface area contributed by atoms with Crippen molar-refractivity contribution >= 4 is 68.9 Å². The van der Waals surface area contributed by atoms with E-state index in [4.69, 9.17) is 22.1 Å². The molecule has 384 valence electrons. The van der Waals surface area contributed by atoms with Gasteiger partial charge in [-0.15, -0.1) is 0 Å². The average Bonchev–Trinajstić information content (AvgIpc) is 3.92. The molecular formula is C47H34ClF12N7O4S2. The largest absolute Gasteiger partial charge is 0.450 e. The Morgan fingerprint density at radius 1 is 0.479 bits per heavy atom. The zero-order chi connectivity index (χ0) is 52.9. The van der Waals surface area contributed by atoms with Crippen molar-refractivity contribution in [3.63, 3.8) is 0 Å². The van der Waals surface area contributed by atoms with Gasteiger partial charge >= 0.3 is 12.4 Å². The molecule has 11 nitrogen and oxygen atoms in total. The van der Waals surface area contributed by atoms with Gasteiger partial charge in [-0.3, -0.25) is 13.9 Å². The fourth-order valence-electron chi connectivity index (χ4n) is 6.35. The number of fused-ring (bicyclic) bond motifs is 2. The first kappa shape index (κ1) is 56.1. The van der Waals surface area contributed by atoms with Gasteiger partial charge in [0.15, 0.2) is 34.9 Å². The van der Waals surface area contributed by atoms with Crippen molar-refractivity contribution in [1.82, 2.24) is 19.1 Å². The SMILES string of the molecule is C.Nc1ccc(-n2c(C(F)(F)F)nc3ccccc32)cc1.Nc1cccc(F)c1F.O=S(=O)(Cl)c1cccc(F)c1F.O=S(=O)(Nc1ccc(-n2c(C(F)(F)F)nc3ccccc32)cc1)c1cccc(F)c1F. The van der Waals surface area contributed by atoms with Gasteiger partial charge in [0.1, 0.15) is 9.79 Å². The van der Waals surface area contributed by atoms with Crippen molar-refractivity contribution in [3.8, 4) is 11.4 Å². The molecular weight excluding hydrogens is 1050 g/mol. The minimum absolute atomic E-state index is 0. The molecule has 0 aliphatic carbocycles. The fourth-order valence-corrected chi connectivity index (χ4v) is 8.41. The van der Waals surface area contributed by atoms with E-state index in [0.717, 1.165) is 51.6 Å². The monoisotopic (exact) mass is 1090 g/mol. The lowest BCUT2D eigenvalue weighted by atomic mass is 10.2. The van der Waals surface area contributed by atoms with E-state index in [9.17, 15) is 69.5 Å². The van der Waals surface area contributed by atoms with Crippen molar-refractivity contribution < 1.29 is 69.5 Å². The summed E-state index contributed by atoms with van der Waals surface area (Å²) in [6.45, 7) is 0. The summed E-state index contributed by atoms with van der Waals surface area (Å²) in [5.74, 6) is -9.51. The van der Waals surface area contributed by atoms with Gasteiger partial charge < -0.3 is 11.5 Å². The van der Waals surface area contributed by atoms with Gasteiger partial charge in [0.05, 0.1) is 27.8 Å². The van der Waals surface area contributed by atoms with Crippen molar-refractivity contribution in [3.05, 3.63) is 198 Å². The highest BCUT2D eigenvalue weighted by molar-refractivity contribution is 8.13. The molecule has 0 unspecified atom stereocenters. The fraction of sp³-hybridized carbons (Fsp3) is 0.0638. The Kier molecular flexibility index (Phi) is 17.2. The third kappa shape index (κ3) is 13.2. The summed E-state index contributed by atoms with van der Waals surface area (Å²) in [6, 6.07) is 32.8. The Hall–Kier alpha value is -7.77. The Balaban J connectivity index is 0.000000200. The molecule has 0 aliphatic heterocycles. The Morgan fingerprint density at radius 3 is 1.26 bits per heavy atom. The van der Waals surface area contributed by atoms with Gasteiger partial charge in [0.2, 0.25) is 11.6 Å². The number of nitrogens with two attached hydrogens (primary N) is 2. The molecule has 0 atom stereocenters.